The quantitative estimate of drug-likeness (QED) is 0.842. The summed E-state index contributed by atoms with van der Waals surface area (Å²) in [6.07, 6.45) is 4.41. The van der Waals surface area contributed by atoms with Crippen LogP contribution in [0.25, 0.3) is 0 Å². The van der Waals surface area contributed by atoms with Gasteiger partial charge in [0.2, 0.25) is 5.91 Å². The van der Waals surface area contributed by atoms with E-state index in [4.69, 9.17) is 0 Å². The minimum atomic E-state index is -0.840. The average molecular weight is 348 g/mol. The Balaban J connectivity index is 1.44. The molecule has 0 bridgehead atoms. The Bertz CT molecular complexity index is 749. The van der Waals surface area contributed by atoms with Gasteiger partial charge < -0.3 is 4.90 Å². The number of halogens is 2. The second-order valence-electron chi connectivity index (χ2n) is 6.59. The number of benzene rings is 1. The maximum Gasteiger partial charge on any atom is 0.226 e. The summed E-state index contributed by atoms with van der Waals surface area (Å²) in [6, 6.07) is 4.21. The van der Waals surface area contributed by atoms with Crippen molar-refractivity contribution in [1.29, 1.82) is 0 Å². The third-order valence-corrected chi connectivity index (χ3v) is 5.96. The zero-order chi connectivity index (χ0) is 16.7. The first-order valence-electron chi connectivity index (χ1n) is 8.27. The topological polar surface area (TPSA) is 33.2 Å². The summed E-state index contributed by atoms with van der Waals surface area (Å²) < 4.78 is 27.3. The lowest BCUT2D eigenvalue weighted by Crippen LogP contribution is -2.40. The van der Waals surface area contributed by atoms with E-state index in [2.05, 4.69) is 4.98 Å². The van der Waals surface area contributed by atoms with Gasteiger partial charge in [-0.2, -0.15) is 0 Å². The fourth-order valence-electron chi connectivity index (χ4n) is 3.67. The molecule has 1 aliphatic heterocycles. The van der Waals surface area contributed by atoms with E-state index >= 15 is 0 Å². The second-order valence-corrected chi connectivity index (χ2v) is 7.51. The van der Waals surface area contributed by atoms with Gasteiger partial charge >= 0.3 is 0 Å². The number of likely N-dealkylation sites (tertiary alicyclic amines) is 1. The molecule has 24 heavy (non-hydrogen) atoms. The van der Waals surface area contributed by atoms with Gasteiger partial charge in [-0.05, 0) is 36.8 Å². The molecule has 0 N–H and O–H groups in total. The van der Waals surface area contributed by atoms with Crippen molar-refractivity contribution in [1.82, 2.24) is 9.88 Å². The van der Waals surface area contributed by atoms with E-state index in [-0.39, 0.29) is 17.7 Å². The fourth-order valence-corrected chi connectivity index (χ4v) is 4.44. The summed E-state index contributed by atoms with van der Waals surface area (Å²) in [5.74, 6) is -1.68. The summed E-state index contributed by atoms with van der Waals surface area (Å²) in [7, 11) is 0. The van der Waals surface area contributed by atoms with Gasteiger partial charge in [-0.25, -0.2) is 13.8 Å². The smallest absolute Gasteiger partial charge is 0.226 e. The number of hydrogen-bond donors (Lipinski definition) is 0. The number of hydrogen-bond acceptors (Lipinski definition) is 3. The highest BCUT2D eigenvalue weighted by molar-refractivity contribution is 7.09. The predicted molar refractivity (Wildman–Crippen MR) is 87.9 cm³/mol. The van der Waals surface area contributed by atoms with E-state index in [0.717, 1.165) is 30.5 Å². The van der Waals surface area contributed by atoms with Crippen LogP contribution in [0.4, 0.5) is 8.78 Å². The molecule has 126 valence electrons. The molecule has 0 unspecified atom stereocenters. The minimum absolute atomic E-state index is 0.0740. The van der Waals surface area contributed by atoms with Gasteiger partial charge in [0.15, 0.2) is 11.6 Å². The highest BCUT2D eigenvalue weighted by atomic mass is 32.1. The van der Waals surface area contributed by atoms with Crippen molar-refractivity contribution in [2.24, 2.45) is 5.92 Å². The van der Waals surface area contributed by atoms with Crippen molar-refractivity contribution >= 4 is 17.2 Å². The lowest BCUT2D eigenvalue weighted by atomic mass is 9.98. The standard InChI is InChI=1S/C18H18F2N2OS/c19-15-5-1-4-12(16(15)20)13-9-14(13)18(23)22-7-2-3-11(10-22)17-21-6-8-24-17/h1,4-6,8,11,13-14H,2-3,7,9-10H2/t11-,13-,14+/m0/s1. The normalized spacial score (nSPS) is 26.4. The summed E-state index contributed by atoms with van der Waals surface area (Å²) in [6.45, 7) is 1.43. The maximum absolute atomic E-state index is 13.9. The maximum atomic E-state index is 13.9. The average Bonchev–Trinajstić information content (AvgIpc) is 3.19. The zero-order valence-corrected chi connectivity index (χ0v) is 13.9. The number of piperidine rings is 1. The summed E-state index contributed by atoms with van der Waals surface area (Å²) in [5.41, 5.74) is 0.335. The zero-order valence-electron chi connectivity index (χ0n) is 13.1. The number of aromatic nitrogens is 1. The first-order valence-corrected chi connectivity index (χ1v) is 9.15. The van der Waals surface area contributed by atoms with Crippen LogP contribution in [0.3, 0.4) is 0 Å². The van der Waals surface area contributed by atoms with E-state index in [1.165, 1.54) is 6.07 Å². The molecular weight excluding hydrogens is 330 g/mol. The third kappa shape index (κ3) is 2.83. The van der Waals surface area contributed by atoms with Gasteiger partial charge in [0, 0.05) is 36.5 Å². The SMILES string of the molecule is O=C([C@@H]1C[C@H]1c1cccc(F)c1F)N1CCC[C@H](c2nccs2)C1. The van der Waals surface area contributed by atoms with Crippen molar-refractivity contribution in [2.45, 2.75) is 31.1 Å². The molecule has 4 rings (SSSR count). The molecule has 2 fully saturated rings. The Morgan fingerprint density at radius 2 is 2.21 bits per heavy atom. The summed E-state index contributed by atoms with van der Waals surface area (Å²) in [4.78, 5) is 19.0. The van der Waals surface area contributed by atoms with E-state index in [1.807, 2.05) is 10.3 Å². The van der Waals surface area contributed by atoms with Crippen LogP contribution in [0.1, 0.15) is 41.7 Å². The first kappa shape index (κ1) is 15.7. The Morgan fingerprint density at radius 1 is 1.33 bits per heavy atom. The van der Waals surface area contributed by atoms with Gasteiger partial charge in [0.05, 0.1) is 5.01 Å². The highest BCUT2D eigenvalue weighted by Gasteiger charge is 2.47. The van der Waals surface area contributed by atoms with Crippen molar-refractivity contribution in [3.05, 3.63) is 52.0 Å². The lowest BCUT2D eigenvalue weighted by molar-refractivity contribution is -0.133. The Morgan fingerprint density at radius 3 is 3.00 bits per heavy atom. The van der Waals surface area contributed by atoms with E-state index in [1.54, 1.807) is 23.6 Å². The molecule has 1 saturated carbocycles. The van der Waals surface area contributed by atoms with Crippen LogP contribution < -0.4 is 0 Å². The van der Waals surface area contributed by atoms with E-state index < -0.39 is 11.6 Å². The molecule has 1 saturated heterocycles. The molecule has 0 radical (unpaired) electrons. The second kappa shape index (κ2) is 6.24. The molecule has 6 heteroatoms. The highest BCUT2D eigenvalue weighted by Crippen LogP contribution is 2.50. The van der Waals surface area contributed by atoms with Crippen molar-refractivity contribution in [3.63, 3.8) is 0 Å². The van der Waals surface area contributed by atoms with Gasteiger partial charge in [0.1, 0.15) is 0 Å². The molecule has 3 atom stereocenters. The molecule has 1 aromatic heterocycles. The van der Waals surface area contributed by atoms with E-state index in [0.29, 0.717) is 24.4 Å². The molecular formula is C18H18F2N2OS. The molecule has 1 amide bonds. The molecule has 0 spiro atoms. The number of amides is 1. The fraction of sp³-hybridized carbons (Fsp3) is 0.444. The largest absolute Gasteiger partial charge is 0.342 e. The van der Waals surface area contributed by atoms with Crippen LogP contribution in [-0.2, 0) is 4.79 Å². The van der Waals surface area contributed by atoms with Gasteiger partial charge in [-0.1, -0.05) is 12.1 Å². The number of nitrogens with zero attached hydrogens (tertiary/aromatic N) is 2. The molecule has 2 aromatic rings. The Kier molecular flexibility index (Phi) is 4.08. The summed E-state index contributed by atoms with van der Waals surface area (Å²) >= 11 is 1.63. The molecule has 2 aliphatic rings. The van der Waals surface area contributed by atoms with Crippen molar-refractivity contribution < 1.29 is 13.6 Å². The van der Waals surface area contributed by atoms with Crippen LogP contribution in [0.15, 0.2) is 29.8 Å². The Labute approximate surface area is 143 Å². The molecule has 3 nitrogen and oxygen atoms in total. The molecule has 1 aromatic carbocycles. The van der Waals surface area contributed by atoms with Crippen LogP contribution in [0, 0.1) is 17.6 Å². The van der Waals surface area contributed by atoms with Crippen LogP contribution in [-0.4, -0.2) is 28.9 Å². The summed E-state index contributed by atoms with van der Waals surface area (Å²) in [5, 5.41) is 3.04. The first-order chi connectivity index (χ1) is 11.6. The minimum Gasteiger partial charge on any atom is -0.342 e. The van der Waals surface area contributed by atoms with Gasteiger partial charge in [0.25, 0.3) is 0 Å². The van der Waals surface area contributed by atoms with Crippen molar-refractivity contribution in [3.8, 4) is 0 Å². The predicted octanol–water partition coefficient (Wildman–Crippen LogP) is 3.93. The van der Waals surface area contributed by atoms with E-state index in [9.17, 15) is 13.6 Å². The van der Waals surface area contributed by atoms with Gasteiger partial charge in [-0.15, -0.1) is 11.3 Å². The third-order valence-electron chi connectivity index (χ3n) is 5.02. The number of rotatable bonds is 3. The number of carbonyl (C=O) groups is 1. The van der Waals surface area contributed by atoms with Crippen LogP contribution >= 0.6 is 11.3 Å². The lowest BCUT2D eigenvalue weighted by Gasteiger charge is -2.32. The monoisotopic (exact) mass is 348 g/mol. The van der Waals surface area contributed by atoms with Crippen molar-refractivity contribution in [2.75, 3.05) is 13.1 Å². The Hall–Kier alpha value is -1.82. The van der Waals surface area contributed by atoms with Crippen LogP contribution in [0.2, 0.25) is 0 Å². The number of thiazole rings is 1. The molecule has 1 aliphatic carbocycles. The van der Waals surface area contributed by atoms with Crippen LogP contribution in [0.5, 0.6) is 0 Å². The molecule has 2 heterocycles. The van der Waals surface area contributed by atoms with Gasteiger partial charge in [-0.3, -0.25) is 4.79 Å². The number of carbonyl (C=O) groups excluding carboxylic acids is 1.